The Morgan fingerprint density at radius 1 is 1.53 bits per heavy atom. The minimum atomic E-state index is 0.131. The summed E-state index contributed by atoms with van der Waals surface area (Å²) in [4.78, 5) is 11.1. The summed E-state index contributed by atoms with van der Waals surface area (Å²) in [5, 5.41) is 2.93. The molecule has 1 aliphatic heterocycles. The molecule has 1 aliphatic rings. The van der Waals surface area contributed by atoms with Crippen LogP contribution in [0, 0.1) is 0 Å². The van der Waals surface area contributed by atoms with E-state index in [0.717, 1.165) is 22.2 Å². The predicted molar refractivity (Wildman–Crippen MR) is 60.8 cm³/mol. The van der Waals surface area contributed by atoms with E-state index in [1.165, 1.54) is 0 Å². The Bertz CT molecular complexity index is 392. The lowest BCUT2D eigenvalue weighted by Gasteiger charge is -2.12. The lowest BCUT2D eigenvalue weighted by molar-refractivity contribution is -0.119. The van der Waals surface area contributed by atoms with Gasteiger partial charge in [-0.05, 0) is 40.0 Å². The Kier molecular flexibility index (Phi) is 2.95. The first-order valence-electron chi connectivity index (χ1n) is 4.83. The zero-order valence-corrected chi connectivity index (χ0v) is 10.0. The van der Waals surface area contributed by atoms with E-state index in [9.17, 15) is 4.79 Å². The van der Waals surface area contributed by atoms with Crippen LogP contribution in [0.4, 0.5) is 0 Å². The molecule has 1 saturated heterocycles. The number of nitrogens with one attached hydrogen (secondary N) is 1. The van der Waals surface area contributed by atoms with Crippen molar-refractivity contribution in [2.75, 3.05) is 7.11 Å². The largest absolute Gasteiger partial charge is 0.496 e. The standard InChI is InChI=1S/C11H12BrNO2/c1-15-10-4-2-7(6-8(10)12)9-3-5-11(14)13-9/h2,4,6,9H,3,5H2,1H3,(H,13,14). The van der Waals surface area contributed by atoms with Gasteiger partial charge in [-0.3, -0.25) is 4.79 Å². The monoisotopic (exact) mass is 269 g/mol. The molecule has 1 amide bonds. The maximum atomic E-state index is 11.1. The normalized spacial score (nSPS) is 20.1. The van der Waals surface area contributed by atoms with Gasteiger partial charge in [0.25, 0.3) is 0 Å². The van der Waals surface area contributed by atoms with Gasteiger partial charge in [0.05, 0.1) is 17.6 Å². The van der Waals surface area contributed by atoms with Gasteiger partial charge in [-0.15, -0.1) is 0 Å². The van der Waals surface area contributed by atoms with E-state index in [0.29, 0.717) is 6.42 Å². The van der Waals surface area contributed by atoms with E-state index >= 15 is 0 Å². The van der Waals surface area contributed by atoms with Gasteiger partial charge in [-0.1, -0.05) is 6.07 Å². The highest BCUT2D eigenvalue weighted by Gasteiger charge is 2.22. The van der Waals surface area contributed by atoms with Crippen LogP contribution >= 0.6 is 15.9 Å². The zero-order chi connectivity index (χ0) is 10.8. The van der Waals surface area contributed by atoms with Crippen LogP contribution in [0.5, 0.6) is 5.75 Å². The van der Waals surface area contributed by atoms with E-state index in [4.69, 9.17) is 4.74 Å². The van der Waals surface area contributed by atoms with Gasteiger partial charge in [-0.25, -0.2) is 0 Å². The molecular formula is C11H12BrNO2. The third kappa shape index (κ3) is 2.15. The van der Waals surface area contributed by atoms with Crippen molar-refractivity contribution < 1.29 is 9.53 Å². The van der Waals surface area contributed by atoms with E-state index in [-0.39, 0.29) is 11.9 Å². The molecule has 4 heteroatoms. The Morgan fingerprint density at radius 2 is 2.33 bits per heavy atom. The molecule has 1 aromatic rings. The third-order valence-electron chi connectivity index (χ3n) is 2.57. The highest BCUT2D eigenvalue weighted by Crippen LogP contribution is 2.31. The SMILES string of the molecule is COc1ccc(C2CCC(=O)N2)cc1Br. The predicted octanol–water partition coefficient (Wildman–Crippen LogP) is 2.41. The molecule has 3 nitrogen and oxygen atoms in total. The lowest BCUT2D eigenvalue weighted by Crippen LogP contribution is -2.18. The van der Waals surface area contributed by atoms with E-state index in [1.807, 2.05) is 18.2 Å². The summed E-state index contributed by atoms with van der Waals surface area (Å²) in [6.45, 7) is 0. The molecule has 1 aromatic carbocycles. The van der Waals surface area contributed by atoms with E-state index < -0.39 is 0 Å². The maximum Gasteiger partial charge on any atom is 0.220 e. The molecule has 1 fully saturated rings. The van der Waals surface area contributed by atoms with Crippen molar-refractivity contribution in [3.63, 3.8) is 0 Å². The van der Waals surface area contributed by atoms with Crippen LogP contribution in [0.15, 0.2) is 22.7 Å². The molecule has 1 heterocycles. The average Bonchev–Trinajstić information content (AvgIpc) is 2.65. The molecule has 0 spiro atoms. The van der Waals surface area contributed by atoms with Gasteiger partial charge < -0.3 is 10.1 Å². The van der Waals surface area contributed by atoms with E-state index in [2.05, 4.69) is 21.2 Å². The smallest absolute Gasteiger partial charge is 0.220 e. The van der Waals surface area contributed by atoms with Crippen molar-refractivity contribution in [2.45, 2.75) is 18.9 Å². The molecule has 80 valence electrons. The lowest BCUT2D eigenvalue weighted by atomic mass is 10.1. The molecule has 0 bridgehead atoms. The van der Waals surface area contributed by atoms with Crippen molar-refractivity contribution >= 4 is 21.8 Å². The van der Waals surface area contributed by atoms with Gasteiger partial charge in [0.2, 0.25) is 5.91 Å². The second-order valence-corrected chi connectivity index (χ2v) is 4.41. The molecule has 0 aliphatic carbocycles. The number of benzene rings is 1. The molecule has 1 N–H and O–H groups in total. The quantitative estimate of drug-likeness (QED) is 0.896. The van der Waals surface area contributed by atoms with Crippen molar-refractivity contribution in [1.82, 2.24) is 5.32 Å². The van der Waals surface area contributed by atoms with Gasteiger partial charge in [0, 0.05) is 6.42 Å². The molecule has 1 unspecified atom stereocenters. The molecule has 0 saturated carbocycles. The number of halogens is 1. The fourth-order valence-electron chi connectivity index (χ4n) is 1.76. The summed E-state index contributed by atoms with van der Waals surface area (Å²) in [6.07, 6.45) is 1.49. The highest BCUT2D eigenvalue weighted by molar-refractivity contribution is 9.10. The number of carbonyl (C=O) groups is 1. The van der Waals surface area contributed by atoms with Crippen molar-refractivity contribution in [2.24, 2.45) is 0 Å². The average molecular weight is 270 g/mol. The number of hydrogen-bond acceptors (Lipinski definition) is 2. The second-order valence-electron chi connectivity index (χ2n) is 3.55. The maximum absolute atomic E-state index is 11.1. The van der Waals surface area contributed by atoms with Crippen molar-refractivity contribution in [3.8, 4) is 5.75 Å². The minimum Gasteiger partial charge on any atom is -0.496 e. The number of carbonyl (C=O) groups excluding carboxylic acids is 1. The van der Waals surface area contributed by atoms with Crippen LogP contribution in [0.2, 0.25) is 0 Å². The number of ether oxygens (including phenoxy) is 1. The number of hydrogen-bond donors (Lipinski definition) is 1. The fraction of sp³-hybridized carbons (Fsp3) is 0.364. The topological polar surface area (TPSA) is 38.3 Å². The summed E-state index contributed by atoms with van der Waals surface area (Å²) < 4.78 is 6.07. The highest BCUT2D eigenvalue weighted by atomic mass is 79.9. The first kappa shape index (κ1) is 10.5. The zero-order valence-electron chi connectivity index (χ0n) is 8.42. The Hall–Kier alpha value is -1.03. The van der Waals surface area contributed by atoms with Crippen molar-refractivity contribution in [3.05, 3.63) is 28.2 Å². The van der Waals surface area contributed by atoms with Crippen molar-refractivity contribution in [1.29, 1.82) is 0 Å². The number of methoxy groups -OCH3 is 1. The van der Waals surface area contributed by atoms with Crippen LogP contribution in [-0.2, 0) is 4.79 Å². The Morgan fingerprint density at radius 3 is 2.87 bits per heavy atom. The molecule has 0 radical (unpaired) electrons. The number of rotatable bonds is 2. The minimum absolute atomic E-state index is 0.131. The van der Waals surface area contributed by atoms with Crippen LogP contribution in [0.3, 0.4) is 0 Å². The second kappa shape index (κ2) is 4.23. The van der Waals surface area contributed by atoms with Gasteiger partial charge >= 0.3 is 0 Å². The first-order chi connectivity index (χ1) is 7.20. The summed E-state index contributed by atoms with van der Waals surface area (Å²) in [7, 11) is 1.64. The van der Waals surface area contributed by atoms with E-state index in [1.54, 1.807) is 7.11 Å². The molecule has 2 rings (SSSR count). The summed E-state index contributed by atoms with van der Waals surface area (Å²) >= 11 is 3.43. The van der Waals surface area contributed by atoms with Crippen LogP contribution < -0.4 is 10.1 Å². The van der Waals surface area contributed by atoms with Crippen LogP contribution in [0.1, 0.15) is 24.4 Å². The Balaban J connectivity index is 2.22. The first-order valence-corrected chi connectivity index (χ1v) is 5.63. The number of amides is 1. The van der Waals surface area contributed by atoms with Gasteiger partial charge in [0.15, 0.2) is 0 Å². The van der Waals surface area contributed by atoms with Crippen LogP contribution in [0.25, 0.3) is 0 Å². The van der Waals surface area contributed by atoms with Crippen LogP contribution in [-0.4, -0.2) is 13.0 Å². The summed E-state index contributed by atoms with van der Waals surface area (Å²) in [5.41, 5.74) is 1.12. The molecule has 0 aromatic heterocycles. The molecule has 1 atom stereocenters. The van der Waals surface area contributed by atoms with Gasteiger partial charge in [0.1, 0.15) is 5.75 Å². The summed E-state index contributed by atoms with van der Waals surface area (Å²) in [5.74, 6) is 0.940. The fourth-order valence-corrected chi connectivity index (χ4v) is 2.32. The molecular weight excluding hydrogens is 258 g/mol. The Labute approximate surface area is 96.9 Å². The third-order valence-corrected chi connectivity index (χ3v) is 3.19. The summed E-state index contributed by atoms with van der Waals surface area (Å²) in [6, 6.07) is 6.04. The molecule has 15 heavy (non-hydrogen) atoms. The van der Waals surface area contributed by atoms with Gasteiger partial charge in [-0.2, -0.15) is 0 Å².